The molecule has 190 valence electrons. The second-order valence-corrected chi connectivity index (χ2v) is 11.4. The maximum Gasteiger partial charge on any atom is 0.0468 e. The Bertz CT molecular complexity index is 2030. The van der Waals surface area contributed by atoms with E-state index in [1.165, 1.54) is 54.6 Å². The number of rotatable bonds is 3. The SMILES string of the molecule is CC1(C)c2cc3ccccc3cc2-c2c1c1ccc(N(c3ccccc3)c3ccccc3)cc1c1ccccc21. The summed E-state index contributed by atoms with van der Waals surface area (Å²) in [4.78, 5) is 2.36. The molecule has 0 aromatic heterocycles. The lowest BCUT2D eigenvalue weighted by atomic mass is 9.79. The van der Waals surface area contributed by atoms with Crippen LogP contribution in [0.4, 0.5) is 17.1 Å². The van der Waals surface area contributed by atoms with Crippen molar-refractivity contribution in [3.8, 4) is 11.1 Å². The fourth-order valence-corrected chi connectivity index (χ4v) is 6.95. The minimum absolute atomic E-state index is 0.114. The topological polar surface area (TPSA) is 3.24 Å². The number of fused-ring (bicyclic) bond motifs is 9. The van der Waals surface area contributed by atoms with E-state index in [1.54, 1.807) is 0 Å². The molecule has 0 saturated carbocycles. The van der Waals surface area contributed by atoms with Gasteiger partial charge < -0.3 is 4.90 Å². The molecule has 1 aliphatic rings. The molecule has 0 amide bonds. The molecule has 0 heterocycles. The fraction of sp³-hybridized carbons (Fsp3) is 0.0769. The van der Waals surface area contributed by atoms with Crippen LogP contribution in [-0.2, 0) is 5.41 Å². The summed E-state index contributed by atoms with van der Waals surface area (Å²) in [6, 6.07) is 50.9. The van der Waals surface area contributed by atoms with Crippen molar-refractivity contribution in [3.05, 3.63) is 151 Å². The third-order valence-electron chi connectivity index (χ3n) is 8.75. The quantitative estimate of drug-likeness (QED) is 0.213. The summed E-state index contributed by atoms with van der Waals surface area (Å²) in [5.74, 6) is 0. The molecule has 40 heavy (non-hydrogen) atoms. The van der Waals surface area contributed by atoms with Crippen LogP contribution in [-0.4, -0.2) is 0 Å². The lowest BCUT2D eigenvalue weighted by Gasteiger charge is -2.27. The Kier molecular flexibility index (Phi) is 4.93. The molecule has 0 N–H and O–H groups in total. The smallest absolute Gasteiger partial charge is 0.0468 e. The zero-order valence-electron chi connectivity index (χ0n) is 22.7. The summed E-state index contributed by atoms with van der Waals surface area (Å²) < 4.78 is 0. The predicted molar refractivity (Wildman–Crippen MR) is 171 cm³/mol. The Labute approximate surface area is 234 Å². The minimum atomic E-state index is -0.114. The van der Waals surface area contributed by atoms with Crippen molar-refractivity contribution in [3.63, 3.8) is 0 Å². The molecule has 0 spiro atoms. The monoisotopic (exact) mass is 511 g/mol. The average Bonchev–Trinajstić information content (AvgIpc) is 3.23. The molecule has 1 nitrogen and oxygen atoms in total. The molecule has 7 aromatic carbocycles. The van der Waals surface area contributed by atoms with Crippen LogP contribution in [0.25, 0.3) is 43.4 Å². The van der Waals surface area contributed by atoms with E-state index in [0.717, 1.165) is 17.1 Å². The van der Waals surface area contributed by atoms with Crippen LogP contribution in [0.5, 0.6) is 0 Å². The van der Waals surface area contributed by atoms with E-state index in [0.29, 0.717) is 0 Å². The van der Waals surface area contributed by atoms with Gasteiger partial charge in [-0.15, -0.1) is 0 Å². The first-order valence-electron chi connectivity index (χ1n) is 14.0. The van der Waals surface area contributed by atoms with Crippen LogP contribution >= 0.6 is 0 Å². The van der Waals surface area contributed by atoms with Gasteiger partial charge in [-0.05, 0) is 103 Å². The number of hydrogen-bond acceptors (Lipinski definition) is 1. The summed E-state index contributed by atoms with van der Waals surface area (Å²) in [5.41, 5.74) is 8.96. The summed E-state index contributed by atoms with van der Waals surface area (Å²) in [5, 5.41) is 7.87. The van der Waals surface area contributed by atoms with Crippen molar-refractivity contribution < 1.29 is 0 Å². The van der Waals surface area contributed by atoms with E-state index in [1.807, 2.05) is 0 Å². The van der Waals surface area contributed by atoms with Crippen molar-refractivity contribution in [2.24, 2.45) is 0 Å². The zero-order chi connectivity index (χ0) is 26.8. The van der Waals surface area contributed by atoms with Crippen molar-refractivity contribution in [1.29, 1.82) is 0 Å². The highest BCUT2D eigenvalue weighted by Gasteiger charge is 2.38. The molecule has 0 fully saturated rings. The van der Waals surface area contributed by atoms with Gasteiger partial charge in [-0.3, -0.25) is 0 Å². The summed E-state index contributed by atoms with van der Waals surface area (Å²) in [6.07, 6.45) is 0. The van der Waals surface area contributed by atoms with Crippen molar-refractivity contribution in [2.45, 2.75) is 19.3 Å². The molecular weight excluding hydrogens is 482 g/mol. The van der Waals surface area contributed by atoms with Crippen molar-refractivity contribution in [1.82, 2.24) is 0 Å². The van der Waals surface area contributed by atoms with Gasteiger partial charge in [-0.1, -0.05) is 105 Å². The first-order chi connectivity index (χ1) is 19.6. The first-order valence-corrected chi connectivity index (χ1v) is 14.0. The highest BCUT2D eigenvalue weighted by molar-refractivity contribution is 6.19. The van der Waals surface area contributed by atoms with Crippen LogP contribution in [0.15, 0.2) is 140 Å². The lowest BCUT2D eigenvalue weighted by molar-refractivity contribution is 0.667. The van der Waals surface area contributed by atoms with E-state index in [2.05, 4.69) is 158 Å². The van der Waals surface area contributed by atoms with Crippen molar-refractivity contribution >= 4 is 49.4 Å². The number of hydrogen-bond donors (Lipinski definition) is 0. The van der Waals surface area contributed by atoms with Gasteiger partial charge in [0, 0.05) is 22.5 Å². The normalized spacial score (nSPS) is 13.4. The van der Waals surface area contributed by atoms with Gasteiger partial charge in [-0.2, -0.15) is 0 Å². The van der Waals surface area contributed by atoms with E-state index in [-0.39, 0.29) is 5.41 Å². The van der Waals surface area contributed by atoms with Gasteiger partial charge in [0.05, 0.1) is 0 Å². The molecule has 0 atom stereocenters. The van der Waals surface area contributed by atoms with E-state index in [4.69, 9.17) is 0 Å². The van der Waals surface area contributed by atoms with Gasteiger partial charge in [0.25, 0.3) is 0 Å². The van der Waals surface area contributed by atoms with Gasteiger partial charge in [0.1, 0.15) is 0 Å². The summed E-state index contributed by atoms with van der Waals surface area (Å²) in [7, 11) is 0. The third kappa shape index (κ3) is 3.28. The predicted octanol–water partition coefficient (Wildman–Crippen LogP) is 10.9. The van der Waals surface area contributed by atoms with Gasteiger partial charge >= 0.3 is 0 Å². The second kappa shape index (κ2) is 8.56. The molecule has 0 aliphatic heterocycles. The Balaban J connectivity index is 1.45. The molecule has 7 aromatic rings. The highest BCUT2D eigenvalue weighted by Crippen LogP contribution is 2.55. The Morgan fingerprint density at radius 3 is 1.70 bits per heavy atom. The average molecular weight is 512 g/mol. The molecule has 0 saturated heterocycles. The van der Waals surface area contributed by atoms with Gasteiger partial charge in [-0.25, -0.2) is 0 Å². The van der Waals surface area contributed by atoms with Crippen LogP contribution in [0.1, 0.15) is 25.0 Å². The summed E-state index contributed by atoms with van der Waals surface area (Å²) in [6.45, 7) is 4.80. The Morgan fingerprint density at radius 2 is 1.02 bits per heavy atom. The standard InChI is InChI=1S/C39H29N/c1-39(2)36-24-27-14-10-9-13-26(27)23-35(36)37-32-20-12-11-19-31(32)34-25-30(21-22-33(34)38(37)39)40(28-15-5-3-6-16-28)29-17-7-4-8-18-29/h3-25H,1-2H3. The second-order valence-electron chi connectivity index (χ2n) is 11.4. The zero-order valence-corrected chi connectivity index (χ0v) is 22.7. The lowest BCUT2D eigenvalue weighted by Crippen LogP contribution is -2.16. The number of para-hydroxylation sites is 2. The molecular formula is C39H29N. The number of nitrogens with zero attached hydrogens (tertiary/aromatic N) is 1. The van der Waals surface area contributed by atoms with Crippen LogP contribution < -0.4 is 4.90 Å². The number of anilines is 3. The number of benzene rings is 7. The Morgan fingerprint density at radius 1 is 0.450 bits per heavy atom. The van der Waals surface area contributed by atoms with Crippen LogP contribution in [0.3, 0.4) is 0 Å². The van der Waals surface area contributed by atoms with E-state index >= 15 is 0 Å². The minimum Gasteiger partial charge on any atom is -0.310 e. The molecule has 0 unspecified atom stereocenters. The molecule has 0 radical (unpaired) electrons. The van der Waals surface area contributed by atoms with Crippen LogP contribution in [0.2, 0.25) is 0 Å². The maximum absolute atomic E-state index is 2.42. The van der Waals surface area contributed by atoms with Gasteiger partial charge in [0.15, 0.2) is 0 Å². The van der Waals surface area contributed by atoms with Crippen LogP contribution in [0, 0.1) is 0 Å². The Hall–Kier alpha value is -4.88. The van der Waals surface area contributed by atoms with E-state index < -0.39 is 0 Å². The third-order valence-corrected chi connectivity index (χ3v) is 8.75. The largest absolute Gasteiger partial charge is 0.310 e. The first kappa shape index (κ1) is 23.0. The maximum atomic E-state index is 2.42. The highest BCUT2D eigenvalue weighted by atomic mass is 15.1. The summed E-state index contributed by atoms with van der Waals surface area (Å²) >= 11 is 0. The molecule has 0 bridgehead atoms. The molecule has 1 heteroatoms. The van der Waals surface area contributed by atoms with E-state index in [9.17, 15) is 0 Å². The molecule has 8 rings (SSSR count). The van der Waals surface area contributed by atoms with Crippen molar-refractivity contribution in [2.75, 3.05) is 4.90 Å². The fourth-order valence-electron chi connectivity index (χ4n) is 6.95. The molecule has 1 aliphatic carbocycles. The van der Waals surface area contributed by atoms with Gasteiger partial charge in [0.2, 0.25) is 0 Å².